The number of carboxylic acids is 3. The molecule has 0 spiro atoms. The molecule has 0 radical (unpaired) electrons. The SMILES string of the molecule is CCCCCCCCCCCCCC=CC(O)C(COC1OC(CO)C(OC2OC(CO)C(OC3OC(CO)C(O)C(OC4OC(CO)C(O)C(O[C@]5(C(=O)O)CC(O)C(NC(C)=O)C(C(O)C(O)CO)O5)C4O)C3NC(C)=O)C(O[C@]3(C(=O)O)CC(O)C(NC(C)=O)C(C(O)C(CO)O[C@]4(C(=O)O)CC(O)C(NC(C)=O)C(C(O)C(O)CO)O4)O3)C2O)C(O)C1O)NC(=O)CCCCCCCCCCCCCCCCC. The lowest BCUT2D eigenvalue weighted by atomic mass is 9.87. The van der Waals surface area contributed by atoms with Crippen molar-refractivity contribution in [3.05, 3.63) is 12.2 Å². The Morgan fingerprint density at radius 3 is 1.13 bits per heavy atom. The molecule has 0 aromatic rings. The van der Waals surface area contributed by atoms with Crippen molar-refractivity contribution in [2.45, 2.75) is 484 Å². The number of hydrogen-bond donors (Lipinski definition) is 30. The number of aliphatic hydroxyl groups excluding tert-OH is 22. The van der Waals surface area contributed by atoms with E-state index in [1.54, 1.807) is 6.08 Å². The van der Waals surface area contributed by atoms with Crippen LogP contribution in [0.25, 0.3) is 0 Å². The number of carboxylic acid groups (broad SMARTS) is 3. The van der Waals surface area contributed by atoms with Crippen LogP contribution < -0.4 is 26.6 Å². The molecular formula is C95H165N5O47. The number of rotatable bonds is 66. The van der Waals surface area contributed by atoms with Crippen molar-refractivity contribution < 1.29 is 232 Å². The van der Waals surface area contributed by atoms with E-state index in [2.05, 4.69) is 40.4 Å². The second-order valence-electron chi connectivity index (χ2n) is 39.2. The quantitative estimate of drug-likeness (QED) is 0.0199. The average Bonchev–Trinajstić information content (AvgIpc) is 0.742. The molecule has 7 saturated heterocycles. The van der Waals surface area contributed by atoms with Gasteiger partial charge in [-0.15, -0.1) is 0 Å². The van der Waals surface area contributed by atoms with Crippen molar-refractivity contribution >= 4 is 47.4 Å². The number of allylic oxidation sites excluding steroid dienone is 1. The molecule has 0 saturated carbocycles. The summed E-state index contributed by atoms with van der Waals surface area (Å²) < 4.78 is 84.6. The summed E-state index contributed by atoms with van der Waals surface area (Å²) >= 11 is 0. The monoisotopic (exact) mass is 2130 g/mol. The third kappa shape index (κ3) is 36.1. The summed E-state index contributed by atoms with van der Waals surface area (Å²) in [5.41, 5.74) is 0. The maximum atomic E-state index is 14.6. The van der Waals surface area contributed by atoms with Crippen LogP contribution in [0.1, 0.15) is 241 Å². The van der Waals surface area contributed by atoms with Gasteiger partial charge in [-0.05, 0) is 19.3 Å². The first kappa shape index (κ1) is 128. The molecule has 852 valence electrons. The van der Waals surface area contributed by atoms with Gasteiger partial charge < -0.3 is 221 Å². The van der Waals surface area contributed by atoms with Crippen LogP contribution >= 0.6 is 0 Å². The summed E-state index contributed by atoms with van der Waals surface area (Å²) in [6.07, 6.45) is -48.1. The number of nitrogens with one attached hydrogen (secondary N) is 5. The Kier molecular flexibility index (Phi) is 55.0. The molecule has 52 heteroatoms. The van der Waals surface area contributed by atoms with Gasteiger partial charge in [0.15, 0.2) is 25.2 Å². The summed E-state index contributed by atoms with van der Waals surface area (Å²) in [5, 5.41) is 298. The molecule has 37 unspecified atom stereocenters. The van der Waals surface area contributed by atoms with Crippen LogP contribution in [-0.2, 0) is 105 Å². The molecule has 0 bridgehead atoms. The lowest BCUT2D eigenvalue weighted by Gasteiger charge is -2.53. The zero-order chi connectivity index (χ0) is 109. The molecular weight excluding hydrogens is 1960 g/mol. The highest BCUT2D eigenvalue weighted by molar-refractivity contribution is 5.79. The minimum atomic E-state index is -3.81. The predicted octanol–water partition coefficient (Wildman–Crippen LogP) is -6.69. The Morgan fingerprint density at radius 2 is 0.714 bits per heavy atom. The minimum absolute atomic E-state index is 0.0461. The fraction of sp³-hybridized carbons (Fsp3) is 0.895. The van der Waals surface area contributed by atoms with Gasteiger partial charge in [-0.3, -0.25) is 24.0 Å². The van der Waals surface area contributed by atoms with Crippen molar-refractivity contribution in [2.75, 3.05) is 52.9 Å². The summed E-state index contributed by atoms with van der Waals surface area (Å²) in [6, 6.07) is -9.38. The number of amides is 5. The van der Waals surface area contributed by atoms with E-state index in [0.29, 0.717) is 12.8 Å². The second-order valence-corrected chi connectivity index (χ2v) is 39.2. The Balaban J connectivity index is 1.26. The van der Waals surface area contributed by atoms with E-state index in [-0.39, 0.29) is 6.42 Å². The van der Waals surface area contributed by atoms with E-state index in [9.17, 15) is 166 Å². The van der Waals surface area contributed by atoms with Crippen LogP contribution in [0.5, 0.6) is 0 Å². The fourth-order valence-corrected chi connectivity index (χ4v) is 19.5. The highest BCUT2D eigenvalue weighted by atomic mass is 16.8. The van der Waals surface area contributed by atoms with E-state index < -0.39 is 363 Å². The number of carbonyl (C=O) groups is 8. The molecule has 30 N–H and O–H groups in total. The van der Waals surface area contributed by atoms with Crippen LogP contribution in [0.15, 0.2) is 12.2 Å². The topological polar surface area (TPSA) is 832 Å². The van der Waals surface area contributed by atoms with Gasteiger partial charge in [0.1, 0.15) is 153 Å². The van der Waals surface area contributed by atoms with E-state index in [0.717, 1.165) is 111 Å². The van der Waals surface area contributed by atoms with Gasteiger partial charge in [-0.2, -0.15) is 0 Å². The molecule has 0 aromatic carbocycles. The molecule has 7 rings (SSSR count). The van der Waals surface area contributed by atoms with Gasteiger partial charge in [0.2, 0.25) is 29.5 Å². The van der Waals surface area contributed by atoms with Gasteiger partial charge in [0.25, 0.3) is 17.4 Å². The van der Waals surface area contributed by atoms with Gasteiger partial charge in [0, 0.05) is 53.4 Å². The third-order valence-corrected chi connectivity index (χ3v) is 27.6. The predicted molar refractivity (Wildman–Crippen MR) is 501 cm³/mol. The van der Waals surface area contributed by atoms with Gasteiger partial charge in [-0.25, -0.2) is 14.4 Å². The first-order valence-electron chi connectivity index (χ1n) is 51.4. The molecule has 0 aromatic heterocycles. The molecule has 52 nitrogen and oxygen atoms in total. The van der Waals surface area contributed by atoms with Crippen LogP contribution in [0.2, 0.25) is 0 Å². The first-order chi connectivity index (χ1) is 69.9. The Bertz CT molecular complexity index is 3920. The van der Waals surface area contributed by atoms with Crippen LogP contribution in [0.4, 0.5) is 0 Å². The zero-order valence-electron chi connectivity index (χ0n) is 84.3. The highest BCUT2D eigenvalue weighted by Crippen LogP contribution is 2.45. The lowest BCUT2D eigenvalue weighted by Crippen LogP contribution is -2.73. The maximum absolute atomic E-state index is 14.6. The molecule has 40 atom stereocenters. The summed E-state index contributed by atoms with van der Waals surface area (Å²) in [7, 11) is 0. The molecule has 7 fully saturated rings. The Labute approximate surface area is 852 Å². The first-order valence-corrected chi connectivity index (χ1v) is 51.4. The Hall–Kier alpha value is -5.94. The van der Waals surface area contributed by atoms with E-state index in [1.807, 2.05) is 0 Å². The fourth-order valence-electron chi connectivity index (χ4n) is 19.5. The van der Waals surface area contributed by atoms with Crippen LogP contribution in [-0.4, -0.2) is 472 Å². The lowest BCUT2D eigenvalue weighted by molar-refractivity contribution is -0.405. The zero-order valence-corrected chi connectivity index (χ0v) is 84.3. The smallest absolute Gasteiger partial charge is 0.364 e. The largest absolute Gasteiger partial charge is 0.477 e. The standard InChI is InChI=1S/C95H165N5O47/c1-7-9-11-13-15-17-19-21-22-24-26-28-30-32-34-36-64(118)100-52(53(112)35-33-31-29-27-25-23-20-18-16-14-12-10-8-2)47-134-87-75(125)74(124)78(62(45-106)137-87)139-89-77(127)85(147-95(92(132)133)39-56(115)67(98-50(5)110)83(145-95)73(123)61(44-105)142-93(90(128)129)37-54(113)65(96-48(3)108)81(143-93)69(119)57(116)40-101)79(63(46-107)138-89)140-86-68(99-51(6)111)80(71(121)59(42-103)135-86)141-88-76(126)84(72(122)60(43-104)136-88)146-94(91(130)131)38-55(114)66(97-49(4)109)82(144-94)70(120)58(117)41-102/h33,35,52-63,65-89,101-107,112-117,119-127H,7-32,34,36-47H2,1-6H3,(H,96,108)(H,97,109)(H,98,110)(H,99,111)(H,100,118)(H,128,129)(H,130,131)(H,132,133)/t52?,53?,54?,55?,56?,57?,58?,59?,60?,61?,62?,63?,65?,66?,67?,68?,69?,70?,71?,72?,73?,74?,75?,76?,77?,78?,79?,80?,81?,82?,83?,84?,85?,86?,87?,88?,89?,93-,94+,95+/m1/s1. The van der Waals surface area contributed by atoms with Gasteiger partial charge in [-0.1, -0.05) is 180 Å². The number of carbonyl (C=O) groups excluding carboxylic acids is 5. The molecule has 7 heterocycles. The van der Waals surface area contributed by atoms with Crippen molar-refractivity contribution in [3.63, 3.8) is 0 Å². The van der Waals surface area contributed by atoms with Crippen molar-refractivity contribution in [1.82, 2.24) is 26.6 Å². The van der Waals surface area contributed by atoms with Crippen molar-refractivity contribution in [1.29, 1.82) is 0 Å². The highest BCUT2D eigenvalue weighted by Gasteiger charge is 2.66. The van der Waals surface area contributed by atoms with Gasteiger partial charge in [0.05, 0.1) is 101 Å². The van der Waals surface area contributed by atoms with Crippen LogP contribution in [0.3, 0.4) is 0 Å². The van der Waals surface area contributed by atoms with E-state index >= 15 is 0 Å². The Morgan fingerprint density at radius 1 is 0.367 bits per heavy atom. The van der Waals surface area contributed by atoms with Gasteiger partial charge >= 0.3 is 17.9 Å². The minimum Gasteiger partial charge on any atom is -0.477 e. The number of unbranched alkanes of at least 4 members (excludes halogenated alkanes) is 25. The third-order valence-electron chi connectivity index (χ3n) is 27.6. The number of aliphatic carboxylic acids is 3. The average molecular weight is 2130 g/mol. The number of ether oxygens (including phenoxy) is 14. The van der Waals surface area contributed by atoms with Crippen molar-refractivity contribution in [3.8, 4) is 0 Å². The van der Waals surface area contributed by atoms with Crippen molar-refractivity contribution in [2.24, 2.45) is 0 Å². The molecule has 147 heavy (non-hydrogen) atoms. The number of hydrogen-bond acceptors (Lipinski definition) is 44. The molecule has 7 aliphatic rings. The molecule has 0 aliphatic carbocycles. The number of aliphatic hydroxyl groups is 22. The molecule has 7 aliphatic heterocycles. The summed E-state index contributed by atoms with van der Waals surface area (Å²) in [6.45, 7) is -2.28. The van der Waals surface area contributed by atoms with E-state index in [1.165, 1.54) is 83.1 Å². The van der Waals surface area contributed by atoms with Crippen LogP contribution in [0, 0.1) is 0 Å². The summed E-state index contributed by atoms with van der Waals surface area (Å²) in [5.74, 6) is -22.1. The molecule has 5 amide bonds. The second kappa shape index (κ2) is 63.2. The van der Waals surface area contributed by atoms with E-state index in [4.69, 9.17) is 66.3 Å². The summed E-state index contributed by atoms with van der Waals surface area (Å²) in [4.78, 5) is 107. The maximum Gasteiger partial charge on any atom is 0.364 e. The normalized spacial score (nSPS) is 35.5.